The van der Waals surface area contributed by atoms with Gasteiger partial charge in [-0.1, -0.05) is 24.3 Å². The minimum atomic E-state index is 0.921. The zero-order valence-electron chi connectivity index (χ0n) is 16.4. The van der Waals surface area contributed by atoms with Crippen molar-refractivity contribution in [3.8, 4) is 0 Å². The molecule has 0 aliphatic carbocycles. The number of piperazine rings is 1. The van der Waals surface area contributed by atoms with Gasteiger partial charge in [-0.05, 0) is 30.7 Å². The number of hydrogen-bond acceptors (Lipinski definition) is 4. The van der Waals surface area contributed by atoms with Crippen LogP contribution in [-0.2, 0) is 0 Å². The number of nitrogens with zero attached hydrogens (tertiary/aromatic N) is 5. The van der Waals surface area contributed by atoms with Gasteiger partial charge >= 0.3 is 0 Å². The number of aromatic nitrogens is 1. The highest BCUT2D eigenvalue weighted by atomic mass is 15.4. The second-order valence-corrected chi connectivity index (χ2v) is 6.75. The summed E-state index contributed by atoms with van der Waals surface area (Å²) in [5.41, 5.74) is 1.26. The van der Waals surface area contributed by atoms with Crippen molar-refractivity contribution in [1.82, 2.24) is 15.2 Å². The molecule has 27 heavy (non-hydrogen) atoms. The molecular formula is C21H30N6. The van der Waals surface area contributed by atoms with Gasteiger partial charge in [-0.2, -0.15) is 0 Å². The molecule has 1 aliphatic rings. The summed E-state index contributed by atoms with van der Waals surface area (Å²) in [6.07, 6.45) is 2.92. The van der Waals surface area contributed by atoms with Gasteiger partial charge in [-0.25, -0.2) is 4.98 Å². The van der Waals surface area contributed by atoms with Gasteiger partial charge in [0.2, 0.25) is 0 Å². The van der Waals surface area contributed by atoms with Gasteiger partial charge in [0.25, 0.3) is 0 Å². The van der Waals surface area contributed by atoms with Crippen molar-refractivity contribution in [1.29, 1.82) is 0 Å². The zero-order chi connectivity index (χ0) is 18.9. The molecule has 3 rings (SSSR count). The van der Waals surface area contributed by atoms with E-state index in [-0.39, 0.29) is 0 Å². The highest BCUT2D eigenvalue weighted by Gasteiger charge is 2.20. The SMILES string of the molecule is CN=C(NCCCN(C)c1ccccc1)N1CCN(c2ccccn2)CC1. The first-order chi connectivity index (χ1) is 13.3. The van der Waals surface area contributed by atoms with E-state index in [9.17, 15) is 0 Å². The highest BCUT2D eigenvalue weighted by Crippen LogP contribution is 2.13. The largest absolute Gasteiger partial charge is 0.375 e. The number of anilines is 2. The molecule has 2 aromatic rings. The summed E-state index contributed by atoms with van der Waals surface area (Å²) in [6.45, 7) is 5.79. The molecule has 1 aromatic heterocycles. The van der Waals surface area contributed by atoms with Gasteiger partial charge in [0.05, 0.1) is 0 Å². The summed E-state index contributed by atoms with van der Waals surface area (Å²) in [4.78, 5) is 15.9. The molecule has 6 nitrogen and oxygen atoms in total. The minimum absolute atomic E-state index is 0.921. The van der Waals surface area contributed by atoms with E-state index < -0.39 is 0 Å². The Kier molecular flexibility index (Phi) is 6.90. The van der Waals surface area contributed by atoms with E-state index in [1.165, 1.54) is 5.69 Å². The number of aliphatic imine (C=N–C) groups is 1. The van der Waals surface area contributed by atoms with Crippen molar-refractivity contribution >= 4 is 17.5 Å². The van der Waals surface area contributed by atoms with Crippen LogP contribution in [0.5, 0.6) is 0 Å². The van der Waals surface area contributed by atoms with E-state index in [1.54, 1.807) is 0 Å². The fourth-order valence-corrected chi connectivity index (χ4v) is 3.35. The second-order valence-electron chi connectivity index (χ2n) is 6.75. The van der Waals surface area contributed by atoms with Crippen LogP contribution in [-0.4, -0.2) is 69.2 Å². The Morgan fingerprint density at radius 3 is 2.48 bits per heavy atom. The summed E-state index contributed by atoms with van der Waals surface area (Å²) in [5, 5.41) is 3.52. The maximum atomic E-state index is 4.47. The van der Waals surface area contributed by atoms with Crippen molar-refractivity contribution in [2.75, 3.05) is 63.2 Å². The van der Waals surface area contributed by atoms with Crippen molar-refractivity contribution in [3.63, 3.8) is 0 Å². The van der Waals surface area contributed by atoms with Gasteiger partial charge in [-0.15, -0.1) is 0 Å². The smallest absolute Gasteiger partial charge is 0.193 e. The minimum Gasteiger partial charge on any atom is -0.375 e. The average molecular weight is 367 g/mol. The lowest BCUT2D eigenvalue weighted by Crippen LogP contribution is -2.53. The Balaban J connectivity index is 1.40. The summed E-state index contributed by atoms with van der Waals surface area (Å²) in [7, 11) is 4.00. The molecule has 1 saturated heterocycles. The molecule has 0 atom stereocenters. The van der Waals surface area contributed by atoms with E-state index in [4.69, 9.17) is 0 Å². The third kappa shape index (κ3) is 5.36. The standard InChI is InChI=1S/C21H30N6/c1-22-21(24-13-8-14-25(2)19-9-4-3-5-10-19)27-17-15-26(16-18-27)20-11-6-7-12-23-20/h3-7,9-12H,8,13-18H2,1-2H3,(H,22,24). The monoisotopic (exact) mass is 366 g/mol. The number of pyridine rings is 1. The van der Waals surface area contributed by atoms with Crippen molar-refractivity contribution < 1.29 is 0 Å². The van der Waals surface area contributed by atoms with Crippen molar-refractivity contribution in [3.05, 3.63) is 54.7 Å². The predicted molar refractivity (Wildman–Crippen MR) is 114 cm³/mol. The topological polar surface area (TPSA) is 47.0 Å². The Bertz CT molecular complexity index is 695. The molecule has 144 valence electrons. The normalized spacial score (nSPS) is 15.0. The summed E-state index contributed by atoms with van der Waals surface area (Å²) in [6, 6.07) is 16.6. The van der Waals surface area contributed by atoms with E-state index in [0.29, 0.717) is 0 Å². The molecule has 2 heterocycles. The van der Waals surface area contributed by atoms with Crippen LogP contribution >= 0.6 is 0 Å². The Hall–Kier alpha value is -2.76. The second kappa shape index (κ2) is 9.80. The van der Waals surface area contributed by atoms with Gasteiger partial charge in [0.1, 0.15) is 5.82 Å². The Morgan fingerprint density at radius 2 is 1.81 bits per heavy atom. The van der Waals surface area contributed by atoms with Crippen LogP contribution in [0, 0.1) is 0 Å². The molecule has 1 fully saturated rings. The molecule has 1 N–H and O–H groups in total. The maximum absolute atomic E-state index is 4.47. The first-order valence-corrected chi connectivity index (χ1v) is 9.65. The molecule has 0 bridgehead atoms. The third-order valence-electron chi connectivity index (χ3n) is 4.91. The van der Waals surface area contributed by atoms with E-state index in [0.717, 1.165) is 57.5 Å². The number of hydrogen-bond donors (Lipinski definition) is 1. The fraction of sp³-hybridized carbons (Fsp3) is 0.429. The average Bonchev–Trinajstić information content (AvgIpc) is 2.75. The zero-order valence-corrected chi connectivity index (χ0v) is 16.4. The van der Waals surface area contributed by atoms with E-state index >= 15 is 0 Å². The molecular weight excluding hydrogens is 336 g/mol. The molecule has 6 heteroatoms. The molecule has 0 radical (unpaired) electrons. The number of para-hydroxylation sites is 1. The molecule has 0 amide bonds. The highest BCUT2D eigenvalue weighted by molar-refractivity contribution is 5.80. The lowest BCUT2D eigenvalue weighted by molar-refractivity contribution is 0.371. The summed E-state index contributed by atoms with van der Waals surface area (Å²) < 4.78 is 0. The Morgan fingerprint density at radius 1 is 1.07 bits per heavy atom. The van der Waals surface area contributed by atoms with E-state index in [2.05, 4.69) is 73.4 Å². The van der Waals surface area contributed by atoms with Crippen LogP contribution < -0.4 is 15.1 Å². The Labute approximate surface area is 162 Å². The van der Waals surface area contributed by atoms with E-state index in [1.807, 2.05) is 25.4 Å². The number of nitrogens with one attached hydrogen (secondary N) is 1. The van der Waals surface area contributed by atoms with Crippen LogP contribution in [0.3, 0.4) is 0 Å². The summed E-state index contributed by atoms with van der Waals surface area (Å²) >= 11 is 0. The number of benzene rings is 1. The molecule has 1 aromatic carbocycles. The quantitative estimate of drug-likeness (QED) is 0.483. The van der Waals surface area contributed by atoms with Gasteiger partial charge < -0.3 is 20.0 Å². The molecule has 1 aliphatic heterocycles. The molecule has 0 spiro atoms. The van der Waals surface area contributed by atoms with Gasteiger partial charge in [0.15, 0.2) is 5.96 Å². The summed E-state index contributed by atoms with van der Waals surface area (Å²) in [5.74, 6) is 2.06. The van der Waals surface area contributed by atoms with Gasteiger partial charge in [0, 0.05) is 65.2 Å². The fourth-order valence-electron chi connectivity index (χ4n) is 3.35. The lowest BCUT2D eigenvalue weighted by Gasteiger charge is -2.37. The maximum Gasteiger partial charge on any atom is 0.193 e. The first-order valence-electron chi connectivity index (χ1n) is 9.65. The predicted octanol–water partition coefficient (Wildman–Crippen LogP) is 2.31. The molecule has 0 unspecified atom stereocenters. The van der Waals surface area contributed by atoms with Crippen molar-refractivity contribution in [2.24, 2.45) is 4.99 Å². The lowest BCUT2D eigenvalue weighted by atomic mass is 10.3. The first kappa shape index (κ1) is 19.0. The van der Waals surface area contributed by atoms with Crippen LogP contribution in [0.25, 0.3) is 0 Å². The van der Waals surface area contributed by atoms with Crippen LogP contribution in [0.2, 0.25) is 0 Å². The van der Waals surface area contributed by atoms with Crippen LogP contribution in [0.15, 0.2) is 59.7 Å². The number of rotatable bonds is 6. The molecule has 0 saturated carbocycles. The third-order valence-corrected chi connectivity index (χ3v) is 4.91. The van der Waals surface area contributed by atoms with Crippen LogP contribution in [0.1, 0.15) is 6.42 Å². The van der Waals surface area contributed by atoms with Gasteiger partial charge in [-0.3, -0.25) is 4.99 Å². The number of guanidine groups is 1. The van der Waals surface area contributed by atoms with Crippen LogP contribution in [0.4, 0.5) is 11.5 Å². The van der Waals surface area contributed by atoms with Crippen molar-refractivity contribution in [2.45, 2.75) is 6.42 Å².